The Bertz CT molecular complexity index is 805. The van der Waals surface area contributed by atoms with Gasteiger partial charge in [0.15, 0.2) is 15.9 Å². The molecular weight excluding hydrogens is 302 g/mol. The van der Waals surface area contributed by atoms with Crippen molar-refractivity contribution in [3.8, 4) is 5.75 Å². The van der Waals surface area contributed by atoms with Crippen LogP contribution in [0.3, 0.4) is 0 Å². The number of carbonyl (C=O) groups excluding carboxylic acids is 1. The number of fused-ring (bicyclic) bond motifs is 1. The monoisotopic (exact) mass is 317 g/mol. The molecule has 0 unspecified atom stereocenters. The zero-order chi connectivity index (χ0) is 15.7. The lowest BCUT2D eigenvalue weighted by Crippen LogP contribution is -2.31. The van der Waals surface area contributed by atoms with Gasteiger partial charge in [-0.1, -0.05) is 24.3 Å². The van der Waals surface area contributed by atoms with Crippen LogP contribution in [-0.4, -0.2) is 26.7 Å². The number of nitrogens with one attached hydrogen (secondary N) is 1. The lowest BCUT2D eigenvalue weighted by atomic mass is 10.1. The third-order valence-electron chi connectivity index (χ3n) is 3.47. The molecule has 22 heavy (non-hydrogen) atoms. The molecule has 1 amide bonds. The molecule has 1 N–H and O–H groups in total. The van der Waals surface area contributed by atoms with Gasteiger partial charge in [0.2, 0.25) is 0 Å². The van der Waals surface area contributed by atoms with Crippen molar-refractivity contribution in [2.24, 2.45) is 0 Å². The molecule has 0 spiro atoms. The van der Waals surface area contributed by atoms with Crippen molar-refractivity contribution >= 4 is 21.4 Å². The number of rotatable bonds is 3. The summed E-state index contributed by atoms with van der Waals surface area (Å²) >= 11 is 0. The van der Waals surface area contributed by atoms with Crippen molar-refractivity contribution < 1.29 is 17.9 Å². The van der Waals surface area contributed by atoms with Gasteiger partial charge >= 0.3 is 0 Å². The summed E-state index contributed by atoms with van der Waals surface area (Å²) in [6.07, 6.45) is 1.04. The van der Waals surface area contributed by atoms with Gasteiger partial charge in [-0.05, 0) is 29.8 Å². The van der Waals surface area contributed by atoms with Crippen LogP contribution in [-0.2, 0) is 21.1 Å². The van der Waals surface area contributed by atoms with Gasteiger partial charge in [-0.15, -0.1) is 0 Å². The van der Waals surface area contributed by atoms with E-state index >= 15 is 0 Å². The SMILES string of the molecule is CS(=O)(=O)c1cccc(NC(=O)[C@@H]2Cc3ccccc3O2)c1. The fraction of sp³-hybridized carbons (Fsp3) is 0.188. The largest absolute Gasteiger partial charge is 0.480 e. The highest BCUT2D eigenvalue weighted by molar-refractivity contribution is 7.90. The van der Waals surface area contributed by atoms with E-state index in [1.165, 1.54) is 12.1 Å². The van der Waals surface area contributed by atoms with Crippen LogP contribution in [0.4, 0.5) is 5.69 Å². The molecule has 0 aliphatic carbocycles. The number of anilines is 1. The van der Waals surface area contributed by atoms with Crippen molar-refractivity contribution in [2.75, 3.05) is 11.6 Å². The van der Waals surface area contributed by atoms with Crippen molar-refractivity contribution in [1.29, 1.82) is 0 Å². The molecule has 1 atom stereocenters. The Hall–Kier alpha value is -2.34. The third kappa shape index (κ3) is 2.96. The van der Waals surface area contributed by atoms with E-state index in [-0.39, 0.29) is 10.8 Å². The summed E-state index contributed by atoms with van der Waals surface area (Å²) in [5, 5.41) is 2.70. The Morgan fingerprint density at radius 3 is 2.68 bits per heavy atom. The van der Waals surface area contributed by atoms with Crippen LogP contribution < -0.4 is 10.1 Å². The summed E-state index contributed by atoms with van der Waals surface area (Å²) in [4.78, 5) is 12.4. The number of benzene rings is 2. The highest BCUT2D eigenvalue weighted by atomic mass is 32.2. The zero-order valence-electron chi connectivity index (χ0n) is 11.9. The van der Waals surface area contributed by atoms with Gasteiger partial charge < -0.3 is 10.1 Å². The molecule has 2 aromatic carbocycles. The van der Waals surface area contributed by atoms with Crippen molar-refractivity contribution in [2.45, 2.75) is 17.4 Å². The van der Waals surface area contributed by atoms with Crippen LogP contribution in [0.25, 0.3) is 0 Å². The van der Waals surface area contributed by atoms with Crippen LogP contribution in [0.5, 0.6) is 5.75 Å². The van der Waals surface area contributed by atoms with Gasteiger partial charge in [-0.3, -0.25) is 4.79 Å². The molecule has 6 heteroatoms. The van der Waals surface area contributed by atoms with Gasteiger partial charge in [0.05, 0.1) is 4.90 Å². The van der Waals surface area contributed by atoms with Gasteiger partial charge in [0.25, 0.3) is 5.91 Å². The smallest absolute Gasteiger partial charge is 0.265 e. The van der Waals surface area contributed by atoms with E-state index in [9.17, 15) is 13.2 Å². The molecule has 0 saturated heterocycles. The average molecular weight is 317 g/mol. The molecule has 1 heterocycles. The van der Waals surface area contributed by atoms with Crippen LogP contribution in [0.15, 0.2) is 53.4 Å². The maximum absolute atomic E-state index is 12.3. The molecule has 0 radical (unpaired) electrons. The minimum absolute atomic E-state index is 0.168. The Kier molecular flexibility index (Phi) is 3.62. The highest BCUT2D eigenvalue weighted by Crippen LogP contribution is 2.28. The second kappa shape index (κ2) is 5.46. The van der Waals surface area contributed by atoms with E-state index in [0.29, 0.717) is 17.9 Å². The predicted octanol–water partition coefficient (Wildman–Crippen LogP) is 2.03. The predicted molar refractivity (Wildman–Crippen MR) is 82.7 cm³/mol. The number of carbonyl (C=O) groups is 1. The second-order valence-electron chi connectivity index (χ2n) is 5.21. The normalized spacial score (nSPS) is 16.7. The maximum atomic E-state index is 12.3. The molecule has 3 rings (SSSR count). The molecule has 0 bridgehead atoms. The van der Waals surface area contributed by atoms with Crippen molar-refractivity contribution in [1.82, 2.24) is 0 Å². The van der Waals surface area contributed by atoms with Crippen molar-refractivity contribution in [3.63, 3.8) is 0 Å². The lowest BCUT2D eigenvalue weighted by Gasteiger charge is -2.12. The number of hydrogen-bond donors (Lipinski definition) is 1. The summed E-state index contributed by atoms with van der Waals surface area (Å²) in [7, 11) is -3.31. The molecule has 0 aromatic heterocycles. The first-order chi connectivity index (χ1) is 10.4. The summed E-state index contributed by atoms with van der Waals surface area (Å²) in [6, 6.07) is 13.7. The minimum Gasteiger partial charge on any atom is -0.480 e. The van der Waals surface area contributed by atoms with Gasteiger partial charge in [-0.25, -0.2) is 8.42 Å². The number of amides is 1. The van der Waals surface area contributed by atoms with E-state index in [2.05, 4.69) is 5.32 Å². The minimum atomic E-state index is -3.31. The van der Waals surface area contributed by atoms with E-state index in [1.807, 2.05) is 24.3 Å². The first-order valence-electron chi connectivity index (χ1n) is 6.79. The van der Waals surface area contributed by atoms with Gasteiger partial charge in [-0.2, -0.15) is 0 Å². The van der Waals surface area contributed by atoms with E-state index in [4.69, 9.17) is 4.74 Å². The molecule has 0 fully saturated rings. The molecule has 1 aliphatic heterocycles. The molecular formula is C16H15NO4S. The lowest BCUT2D eigenvalue weighted by molar-refractivity contribution is -0.122. The van der Waals surface area contributed by atoms with E-state index in [1.54, 1.807) is 12.1 Å². The van der Waals surface area contributed by atoms with E-state index < -0.39 is 15.9 Å². The van der Waals surface area contributed by atoms with Crippen LogP contribution >= 0.6 is 0 Å². The fourth-order valence-electron chi connectivity index (χ4n) is 2.36. The first-order valence-corrected chi connectivity index (χ1v) is 8.68. The molecule has 0 saturated carbocycles. The zero-order valence-corrected chi connectivity index (χ0v) is 12.8. The molecule has 5 nitrogen and oxygen atoms in total. The Morgan fingerprint density at radius 2 is 1.95 bits per heavy atom. The van der Waals surface area contributed by atoms with Gasteiger partial charge in [0, 0.05) is 18.4 Å². The van der Waals surface area contributed by atoms with Crippen LogP contribution in [0.2, 0.25) is 0 Å². The number of hydrogen-bond acceptors (Lipinski definition) is 4. The second-order valence-corrected chi connectivity index (χ2v) is 7.22. The average Bonchev–Trinajstić information content (AvgIpc) is 2.90. The van der Waals surface area contributed by atoms with Gasteiger partial charge in [0.1, 0.15) is 5.75 Å². The summed E-state index contributed by atoms with van der Waals surface area (Å²) in [5.41, 5.74) is 1.43. The molecule has 1 aliphatic rings. The summed E-state index contributed by atoms with van der Waals surface area (Å²) in [5.74, 6) is 0.425. The highest BCUT2D eigenvalue weighted by Gasteiger charge is 2.28. The topological polar surface area (TPSA) is 72.5 Å². The Balaban J connectivity index is 1.74. The molecule has 2 aromatic rings. The maximum Gasteiger partial charge on any atom is 0.265 e. The summed E-state index contributed by atoms with van der Waals surface area (Å²) in [6.45, 7) is 0. The quantitative estimate of drug-likeness (QED) is 0.940. The number of sulfone groups is 1. The first kappa shape index (κ1) is 14.6. The van der Waals surface area contributed by atoms with Crippen LogP contribution in [0, 0.1) is 0 Å². The molecule has 114 valence electrons. The summed E-state index contributed by atoms with van der Waals surface area (Å²) < 4.78 is 28.7. The number of ether oxygens (including phenoxy) is 1. The van der Waals surface area contributed by atoms with Crippen molar-refractivity contribution in [3.05, 3.63) is 54.1 Å². The Morgan fingerprint density at radius 1 is 1.18 bits per heavy atom. The van der Waals surface area contributed by atoms with E-state index in [0.717, 1.165) is 11.8 Å². The Labute approximate surface area is 128 Å². The number of para-hydroxylation sites is 1. The van der Waals surface area contributed by atoms with Crippen LogP contribution in [0.1, 0.15) is 5.56 Å². The third-order valence-corrected chi connectivity index (χ3v) is 4.58. The standard InChI is InChI=1S/C16H15NO4S/c1-22(19,20)13-7-4-6-12(10-13)17-16(18)15-9-11-5-2-3-8-14(11)21-15/h2-8,10,15H,9H2,1H3,(H,17,18)/t15-/m0/s1. The fourth-order valence-corrected chi connectivity index (χ4v) is 3.02.